The molecule has 1 aromatic carbocycles. The number of hydrogen-bond donors (Lipinski definition) is 1. The number of amides is 1. The predicted molar refractivity (Wildman–Crippen MR) is 95.1 cm³/mol. The van der Waals surface area contributed by atoms with Gasteiger partial charge in [-0.3, -0.25) is 14.3 Å². The van der Waals surface area contributed by atoms with Gasteiger partial charge in [0.05, 0.1) is 19.8 Å². The standard InChI is InChI=1S/C17H23N5OS/c1-13-19-22(12-20(2)11-16(23)18-15-8-9-15)17(24)21(13)10-14-6-4-3-5-7-14/h3-7,15H,8-12H2,1-2H3,(H,18,23). The molecule has 128 valence electrons. The van der Waals surface area contributed by atoms with Crippen molar-refractivity contribution in [3.63, 3.8) is 0 Å². The average Bonchev–Trinajstić information content (AvgIpc) is 3.31. The lowest BCUT2D eigenvalue weighted by molar-refractivity contribution is -0.122. The summed E-state index contributed by atoms with van der Waals surface area (Å²) in [4.78, 5) is 13.8. The van der Waals surface area contributed by atoms with Gasteiger partial charge >= 0.3 is 0 Å². The maximum atomic E-state index is 11.9. The van der Waals surface area contributed by atoms with Gasteiger partial charge in [0.1, 0.15) is 5.82 Å². The van der Waals surface area contributed by atoms with Crippen LogP contribution in [0.1, 0.15) is 24.2 Å². The van der Waals surface area contributed by atoms with E-state index in [1.165, 1.54) is 5.56 Å². The van der Waals surface area contributed by atoms with Crippen LogP contribution in [-0.2, 0) is 18.0 Å². The zero-order valence-corrected chi connectivity index (χ0v) is 14.9. The van der Waals surface area contributed by atoms with Crippen molar-refractivity contribution in [2.45, 2.75) is 39.0 Å². The average molecular weight is 345 g/mol. The van der Waals surface area contributed by atoms with Gasteiger partial charge in [-0.25, -0.2) is 4.68 Å². The summed E-state index contributed by atoms with van der Waals surface area (Å²) in [5, 5.41) is 7.52. The smallest absolute Gasteiger partial charge is 0.234 e. The Balaban J connectivity index is 1.64. The fourth-order valence-electron chi connectivity index (χ4n) is 2.61. The van der Waals surface area contributed by atoms with Crippen LogP contribution >= 0.6 is 12.2 Å². The summed E-state index contributed by atoms with van der Waals surface area (Å²) in [5.74, 6) is 0.937. The molecule has 6 nitrogen and oxygen atoms in total. The number of nitrogens with one attached hydrogen (secondary N) is 1. The quantitative estimate of drug-likeness (QED) is 0.779. The van der Waals surface area contributed by atoms with Crippen molar-refractivity contribution in [1.82, 2.24) is 24.6 Å². The van der Waals surface area contributed by atoms with Gasteiger partial charge in [-0.15, -0.1) is 0 Å². The number of likely N-dealkylation sites (N-methyl/N-ethyl adjacent to an activating group) is 1. The fraction of sp³-hybridized carbons (Fsp3) is 0.471. The van der Waals surface area contributed by atoms with Crippen LogP contribution in [0.4, 0.5) is 0 Å². The Labute approximate surface area is 147 Å². The van der Waals surface area contributed by atoms with Crippen LogP contribution in [0.2, 0.25) is 0 Å². The van der Waals surface area contributed by atoms with Crippen molar-refractivity contribution >= 4 is 18.1 Å². The second kappa shape index (κ2) is 7.27. The first-order chi connectivity index (χ1) is 11.5. The number of hydrogen-bond acceptors (Lipinski definition) is 4. The lowest BCUT2D eigenvalue weighted by Crippen LogP contribution is -2.37. The summed E-state index contributed by atoms with van der Waals surface area (Å²) in [6.45, 7) is 3.51. The van der Waals surface area contributed by atoms with E-state index in [1.54, 1.807) is 4.68 Å². The Kier molecular flexibility index (Phi) is 5.11. The zero-order valence-electron chi connectivity index (χ0n) is 14.1. The molecular weight excluding hydrogens is 322 g/mol. The lowest BCUT2D eigenvalue weighted by atomic mass is 10.2. The van der Waals surface area contributed by atoms with E-state index in [4.69, 9.17) is 12.2 Å². The van der Waals surface area contributed by atoms with Crippen LogP contribution < -0.4 is 5.32 Å². The number of carbonyl (C=O) groups excluding carboxylic acids is 1. The van der Waals surface area contributed by atoms with E-state index in [0.717, 1.165) is 18.7 Å². The molecule has 0 saturated heterocycles. The molecule has 1 aliphatic carbocycles. The fourth-order valence-corrected chi connectivity index (χ4v) is 2.91. The van der Waals surface area contributed by atoms with Crippen molar-refractivity contribution in [3.05, 3.63) is 46.5 Å². The maximum Gasteiger partial charge on any atom is 0.234 e. The molecule has 1 amide bonds. The molecule has 2 aromatic rings. The van der Waals surface area contributed by atoms with Crippen molar-refractivity contribution in [1.29, 1.82) is 0 Å². The van der Waals surface area contributed by atoms with Gasteiger partial charge in [0.25, 0.3) is 0 Å². The Morgan fingerprint density at radius 3 is 2.75 bits per heavy atom. The molecule has 1 heterocycles. The summed E-state index contributed by atoms with van der Waals surface area (Å²) in [6.07, 6.45) is 2.20. The van der Waals surface area contributed by atoms with Gasteiger partial charge in [0.15, 0.2) is 4.77 Å². The van der Waals surface area contributed by atoms with E-state index in [9.17, 15) is 4.79 Å². The van der Waals surface area contributed by atoms with Crippen LogP contribution in [0.3, 0.4) is 0 Å². The minimum atomic E-state index is 0.0620. The van der Waals surface area contributed by atoms with E-state index < -0.39 is 0 Å². The number of rotatable bonds is 7. The van der Waals surface area contributed by atoms with Gasteiger partial charge in [-0.2, -0.15) is 5.10 Å². The Morgan fingerprint density at radius 2 is 2.08 bits per heavy atom. The first kappa shape index (κ1) is 16.9. The van der Waals surface area contributed by atoms with Crippen LogP contribution in [-0.4, -0.2) is 44.8 Å². The van der Waals surface area contributed by atoms with Crippen molar-refractivity contribution < 1.29 is 4.79 Å². The highest BCUT2D eigenvalue weighted by Crippen LogP contribution is 2.18. The maximum absolute atomic E-state index is 11.9. The molecule has 7 heteroatoms. The number of nitrogens with zero attached hydrogens (tertiary/aromatic N) is 4. The second-order valence-electron chi connectivity index (χ2n) is 6.40. The summed E-state index contributed by atoms with van der Waals surface area (Å²) < 4.78 is 4.46. The number of carbonyl (C=O) groups is 1. The molecule has 0 atom stereocenters. The zero-order chi connectivity index (χ0) is 17.1. The minimum Gasteiger partial charge on any atom is -0.352 e. The van der Waals surface area contributed by atoms with E-state index >= 15 is 0 Å². The normalized spacial score (nSPS) is 14.1. The SMILES string of the molecule is Cc1nn(CN(C)CC(=O)NC2CC2)c(=S)n1Cc1ccccc1. The first-order valence-corrected chi connectivity index (χ1v) is 8.60. The Hall–Kier alpha value is -1.99. The van der Waals surface area contributed by atoms with Gasteiger partial charge in [-0.05, 0) is 44.6 Å². The highest BCUT2D eigenvalue weighted by atomic mass is 32.1. The molecular formula is C17H23N5OS. The van der Waals surface area contributed by atoms with Gasteiger partial charge in [-0.1, -0.05) is 30.3 Å². The Morgan fingerprint density at radius 1 is 1.38 bits per heavy atom. The summed E-state index contributed by atoms with van der Waals surface area (Å²) in [6, 6.07) is 10.6. The van der Waals surface area contributed by atoms with Crippen LogP contribution in [0.5, 0.6) is 0 Å². The molecule has 24 heavy (non-hydrogen) atoms. The highest BCUT2D eigenvalue weighted by Gasteiger charge is 2.23. The van der Waals surface area contributed by atoms with Crippen molar-refractivity contribution in [2.24, 2.45) is 0 Å². The van der Waals surface area contributed by atoms with E-state index in [-0.39, 0.29) is 5.91 Å². The number of aromatic nitrogens is 3. The molecule has 1 N–H and O–H groups in total. The van der Waals surface area contributed by atoms with Crippen LogP contribution in [0.15, 0.2) is 30.3 Å². The monoisotopic (exact) mass is 345 g/mol. The first-order valence-electron chi connectivity index (χ1n) is 8.19. The molecule has 1 aromatic heterocycles. The molecule has 0 radical (unpaired) electrons. The predicted octanol–water partition coefficient (Wildman–Crippen LogP) is 1.94. The molecule has 1 saturated carbocycles. The molecule has 0 unspecified atom stereocenters. The topological polar surface area (TPSA) is 55.1 Å². The van der Waals surface area contributed by atoms with Crippen molar-refractivity contribution in [2.75, 3.05) is 13.6 Å². The van der Waals surface area contributed by atoms with Crippen LogP contribution in [0, 0.1) is 11.7 Å². The summed E-state index contributed by atoms with van der Waals surface area (Å²) >= 11 is 5.56. The highest BCUT2D eigenvalue weighted by molar-refractivity contribution is 7.71. The largest absolute Gasteiger partial charge is 0.352 e. The third kappa shape index (κ3) is 4.30. The third-order valence-corrected chi connectivity index (χ3v) is 4.45. The summed E-state index contributed by atoms with van der Waals surface area (Å²) in [7, 11) is 1.90. The molecule has 0 spiro atoms. The summed E-state index contributed by atoms with van der Waals surface area (Å²) in [5.41, 5.74) is 1.19. The molecule has 0 aliphatic heterocycles. The van der Waals surface area contributed by atoms with Gasteiger partial charge in [0, 0.05) is 6.04 Å². The third-order valence-electron chi connectivity index (χ3n) is 4.02. The molecule has 1 fully saturated rings. The van der Waals surface area contributed by atoms with Crippen LogP contribution in [0.25, 0.3) is 0 Å². The van der Waals surface area contributed by atoms with E-state index in [1.807, 2.05) is 41.6 Å². The van der Waals surface area contributed by atoms with E-state index in [0.29, 0.717) is 30.6 Å². The molecule has 1 aliphatic rings. The second-order valence-corrected chi connectivity index (χ2v) is 6.76. The number of benzene rings is 1. The van der Waals surface area contributed by atoms with E-state index in [2.05, 4.69) is 22.5 Å². The Bertz CT molecular complexity index is 763. The van der Waals surface area contributed by atoms with Crippen molar-refractivity contribution in [3.8, 4) is 0 Å². The molecule has 0 bridgehead atoms. The lowest BCUT2D eigenvalue weighted by Gasteiger charge is -2.15. The minimum absolute atomic E-state index is 0.0620. The number of aryl methyl sites for hydroxylation is 1. The van der Waals surface area contributed by atoms with Gasteiger partial charge in [0.2, 0.25) is 5.91 Å². The molecule has 3 rings (SSSR count). The van der Waals surface area contributed by atoms with Gasteiger partial charge < -0.3 is 5.32 Å².